The monoisotopic (exact) mass is 420 g/mol. The zero-order chi connectivity index (χ0) is 21.1. The lowest BCUT2D eigenvalue weighted by atomic mass is 10.1. The number of nitrogens with two attached hydrogens (primary N) is 1. The van der Waals surface area contributed by atoms with Crippen LogP contribution < -0.4 is 11.1 Å². The van der Waals surface area contributed by atoms with E-state index in [-0.39, 0.29) is 5.91 Å². The Labute approximate surface area is 182 Å². The average Bonchev–Trinajstić information content (AvgIpc) is 3.42. The third-order valence-corrected chi connectivity index (χ3v) is 6.63. The molecule has 3 N–H and O–H groups in total. The molecular weight excluding hydrogens is 392 g/mol. The van der Waals surface area contributed by atoms with Crippen molar-refractivity contribution in [3.8, 4) is 10.4 Å². The molecule has 3 aromatic rings. The van der Waals surface area contributed by atoms with Crippen LogP contribution in [0, 0.1) is 0 Å². The second-order valence-corrected chi connectivity index (χ2v) is 9.02. The smallest absolute Gasteiger partial charge is 0.255 e. The third kappa shape index (κ3) is 4.73. The topological polar surface area (TPSA) is 61.6 Å². The maximum Gasteiger partial charge on any atom is 0.255 e. The number of likely N-dealkylation sites (tertiary alicyclic amines) is 1. The number of anilines is 2. The second kappa shape index (κ2) is 9.00. The number of nitrogens with one attached hydrogen (secondary N) is 1. The van der Waals surface area contributed by atoms with Gasteiger partial charge in [0.2, 0.25) is 0 Å². The quantitative estimate of drug-likeness (QED) is 0.581. The van der Waals surface area contributed by atoms with E-state index in [0.29, 0.717) is 23.0 Å². The van der Waals surface area contributed by atoms with Crippen LogP contribution in [-0.4, -0.2) is 48.9 Å². The second-order valence-electron chi connectivity index (χ2n) is 8.07. The Morgan fingerprint density at radius 3 is 2.67 bits per heavy atom. The molecule has 1 aliphatic rings. The van der Waals surface area contributed by atoms with E-state index in [4.69, 9.17) is 5.73 Å². The third-order valence-electron chi connectivity index (χ3n) is 5.71. The maximum atomic E-state index is 12.8. The zero-order valence-electron chi connectivity index (χ0n) is 17.5. The van der Waals surface area contributed by atoms with Crippen molar-refractivity contribution in [3.05, 3.63) is 71.1 Å². The molecule has 1 atom stereocenters. The lowest BCUT2D eigenvalue weighted by molar-refractivity contribution is 0.102. The highest BCUT2D eigenvalue weighted by atomic mass is 32.1. The van der Waals surface area contributed by atoms with Crippen LogP contribution in [0.3, 0.4) is 0 Å². The predicted molar refractivity (Wildman–Crippen MR) is 126 cm³/mol. The first-order chi connectivity index (χ1) is 14.5. The number of hydrogen-bond donors (Lipinski definition) is 2. The van der Waals surface area contributed by atoms with Gasteiger partial charge in [-0.05, 0) is 67.4 Å². The number of nitrogen functional groups attached to an aromatic ring is 1. The summed E-state index contributed by atoms with van der Waals surface area (Å²) in [4.78, 5) is 18.7. The van der Waals surface area contributed by atoms with E-state index >= 15 is 0 Å². The van der Waals surface area contributed by atoms with Crippen molar-refractivity contribution >= 4 is 28.6 Å². The van der Waals surface area contributed by atoms with Crippen molar-refractivity contribution in [3.63, 3.8) is 0 Å². The van der Waals surface area contributed by atoms with Gasteiger partial charge in [-0.15, -0.1) is 11.3 Å². The van der Waals surface area contributed by atoms with Crippen LogP contribution in [0.25, 0.3) is 10.4 Å². The standard InChI is InChI=1S/C24H28N4OS/c1-27(2)20-11-12-28(16-20)15-17-5-7-18(8-6-17)24(29)26-22-14-19(9-10-21(22)25)23-4-3-13-30-23/h3-10,13-14,20H,11-12,15-16,25H2,1-2H3,(H,26,29)/t20-/m1/s1. The minimum Gasteiger partial charge on any atom is -0.397 e. The number of thiophene rings is 1. The minimum atomic E-state index is -0.148. The first-order valence-corrected chi connectivity index (χ1v) is 11.1. The Kier molecular flexibility index (Phi) is 6.18. The number of likely N-dealkylation sites (N-methyl/N-ethyl adjacent to an activating group) is 1. The summed E-state index contributed by atoms with van der Waals surface area (Å²) in [6.45, 7) is 3.13. The molecule has 0 radical (unpaired) electrons. The molecule has 1 aromatic heterocycles. The van der Waals surface area contributed by atoms with Gasteiger partial charge in [-0.3, -0.25) is 9.69 Å². The lowest BCUT2D eigenvalue weighted by Crippen LogP contribution is -2.31. The molecule has 1 saturated heterocycles. The van der Waals surface area contributed by atoms with Gasteiger partial charge in [-0.2, -0.15) is 0 Å². The molecule has 0 spiro atoms. The molecule has 2 aromatic carbocycles. The van der Waals surface area contributed by atoms with Gasteiger partial charge in [-0.25, -0.2) is 0 Å². The molecule has 0 saturated carbocycles. The SMILES string of the molecule is CN(C)[C@@H]1CCN(Cc2ccc(C(=O)Nc3cc(-c4cccs4)ccc3N)cc2)C1. The number of amides is 1. The van der Waals surface area contributed by atoms with Crippen molar-refractivity contribution in [1.82, 2.24) is 9.80 Å². The van der Waals surface area contributed by atoms with Crippen LogP contribution in [-0.2, 0) is 6.54 Å². The lowest BCUT2D eigenvalue weighted by Gasteiger charge is -2.20. The number of nitrogens with zero attached hydrogens (tertiary/aromatic N) is 2. The van der Waals surface area contributed by atoms with E-state index < -0.39 is 0 Å². The summed E-state index contributed by atoms with van der Waals surface area (Å²) >= 11 is 1.66. The number of carbonyl (C=O) groups is 1. The van der Waals surface area contributed by atoms with Crippen LogP contribution in [0.1, 0.15) is 22.3 Å². The van der Waals surface area contributed by atoms with E-state index in [1.165, 1.54) is 12.0 Å². The zero-order valence-corrected chi connectivity index (χ0v) is 18.3. The number of hydrogen-bond acceptors (Lipinski definition) is 5. The molecule has 4 rings (SSSR count). The Hall–Kier alpha value is -2.67. The molecule has 1 fully saturated rings. The van der Waals surface area contributed by atoms with E-state index in [0.717, 1.165) is 30.1 Å². The van der Waals surface area contributed by atoms with Crippen LogP contribution in [0.4, 0.5) is 11.4 Å². The summed E-state index contributed by atoms with van der Waals surface area (Å²) in [6, 6.07) is 18.3. The Balaban J connectivity index is 1.40. The van der Waals surface area contributed by atoms with E-state index in [1.54, 1.807) is 11.3 Å². The molecule has 0 bridgehead atoms. The van der Waals surface area contributed by atoms with Crippen LogP contribution >= 0.6 is 11.3 Å². The molecule has 0 unspecified atom stereocenters. The van der Waals surface area contributed by atoms with E-state index in [9.17, 15) is 4.79 Å². The molecule has 156 valence electrons. The molecule has 5 nitrogen and oxygen atoms in total. The summed E-state index contributed by atoms with van der Waals surface area (Å²) in [5.41, 5.74) is 10.2. The highest BCUT2D eigenvalue weighted by molar-refractivity contribution is 7.13. The molecular formula is C24H28N4OS. The fourth-order valence-electron chi connectivity index (χ4n) is 3.85. The van der Waals surface area contributed by atoms with Crippen LogP contribution in [0.5, 0.6) is 0 Å². The molecule has 0 aliphatic carbocycles. The summed E-state index contributed by atoms with van der Waals surface area (Å²) in [5, 5.41) is 5.00. The fourth-order valence-corrected chi connectivity index (χ4v) is 4.58. The van der Waals surface area contributed by atoms with Crippen molar-refractivity contribution in [1.29, 1.82) is 0 Å². The number of benzene rings is 2. The first-order valence-electron chi connectivity index (χ1n) is 10.2. The van der Waals surface area contributed by atoms with Gasteiger partial charge in [0, 0.05) is 36.1 Å². The maximum absolute atomic E-state index is 12.8. The number of carbonyl (C=O) groups excluding carboxylic acids is 1. The van der Waals surface area contributed by atoms with Crippen molar-refractivity contribution in [2.24, 2.45) is 0 Å². The predicted octanol–water partition coefficient (Wildman–Crippen LogP) is 4.39. The van der Waals surface area contributed by atoms with Crippen molar-refractivity contribution in [2.45, 2.75) is 19.0 Å². The number of rotatable bonds is 6. The van der Waals surface area contributed by atoms with Gasteiger partial charge in [0.25, 0.3) is 5.91 Å². The molecule has 1 amide bonds. The fraction of sp³-hybridized carbons (Fsp3) is 0.292. The summed E-state index contributed by atoms with van der Waals surface area (Å²) < 4.78 is 0. The Morgan fingerprint density at radius 2 is 2.00 bits per heavy atom. The largest absolute Gasteiger partial charge is 0.397 e. The van der Waals surface area contributed by atoms with Crippen LogP contribution in [0.15, 0.2) is 60.0 Å². The highest BCUT2D eigenvalue weighted by Crippen LogP contribution is 2.30. The van der Waals surface area contributed by atoms with Gasteiger partial charge < -0.3 is 16.0 Å². The normalized spacial score (nSPS) is 16.8. The summed E-state index contributed by atoms with van der Waals surface area (Å²) in [5.74, 6) is -0.148. The summed E-state index contributed by atoms with van der Waals surface area (Å²) in [7, 11) is 4.29. The van der Waals surface area contributed by atoms with Crippen LogP contribution in [0.2, 0.25) is 0 Å². The Bertz CT molecular complexity index is 999. The minimum absolute atomic E-state index is 0.148. The summed E-state index contributed by atoms with van der Waals surface area (Å²) in [6.07, 6.45) is 1.21. The molecule has 30 heavy (non-hydrogen) atoms. The molecule has 6 heteroatoms. The van der Waals surface area contributed by atoms with Gasteiger partial charge in [0.05, 0.1) is 11.4 Å². The highest BCUT2D eigenvalue weighted by Gasteiger charge is 2.23. The van der Waals surface area contributed by atoms with Gasteiger partial charge in [0.15, 0.2) is 0 Å². The van der Waals surface area contributed by atoms with E-state index in [1.807, 2.05) is 53.9 Å². The van der Waals surface area contributed by atoms with Gasteiger partial charge >= 0.3 is 0 Å². The van der Waals surface area contributed by atoms with Crippen molar-refractivity contribution in [2.75, 3.05) is 38.2 Å². The molecule has 2 heterocycles. The Morgan fingerprint density at radius 1 is 1.20 bits per heavy atom. The molecule has 1 aliphatic heterocycles. The van der Waals surface area contributed by atoms with E-state index in [2.05, 4.69) is 35.3 Å². The first kappa shape index (κ1) is 20.6. The average molecular weight is 421 g/mol. The van der Waals surface area contributed by atoms with Crippen molar-refractivity contribution < 1.29 is 4.79 Å². The van der Waals surface area contributed by atoms with Gasteiger partial charge in [-0.1, -0.05) is 24.3 Å². The van der Waals surface area contributed by atoms with Gasteiger partial charge in [0.1, 0.15) is 0 Å².